The van der Waals surface area contributed by atoms with Crippen LogP contribution in [0, 0.1) is 0 Å². The molecule has 1 heterocycles. The van der Waals surface area contributed by atoms with Gasteiger partial charge >= 0.3 is 0 Å². The Morgan fingerprint density at radius 3 is 2.52 bits per heavy atom. The number of hydrogen-bond donors (Lipinski definition) is 1. The van der Waals surface area contributed by atoms with Crippen molar-refractivity contribution in [1.29, 1.82) is 0 Å². The molecule has 0 aliphatic heterocycles. The van der Waals surface area contributed by atoms with E-state index in [2.05, 4.69) is 64.3 Å². The summed E-state index contributed by atoms with van der Waals surface area (Å²) < 4.78 is 2.07. The first kappa shape index (κ1) is 20.1. The van der Waals surface area contributed by atoms with Crippen LogP contribution in [0.2, 0.25) is 0 Å². The maximum absolute atomic E-state index is 12.3. The van der Waals surface area contributed by atoms with Crippen LogP contribution in [0.4, 0.5) is 5.69 Å². The van der Waals surface area contributed by atoms with Gasteiger partial charge in [0.05, 0.1) is 12.1 Å². The van der Waals surface area contributed by atoms with Gasteiger partial charge in [-0.3, -0.25) is 4.79 Å². The van der Waals surface area contributed by atoms with E-state index < -0.39 is 0 Å². The van der Waals surface area contributed by atoms with Gasteiger partial charge in [-0.05, 0) is 41.3 Å². The number of thiazole rings is 1. The van der Waals surface area contributed by atoms with Crippen molar-refractivity contribution in [2.45, 2.75) is 36.3 Å². The van der Waals surface area contributed by atoms with Gasteiger partial charge in [0.25, 0.3) is 0 Å². The number of benzene rings is 2. The standard InChI is InChI=1S/C21H21BrN2OS2/c1-14(2)16-5-9-18(10-6-16)23-20(25)11-19-13-27-21(24-19)26-12-15-3-7-17(22)8-4-15/h3-10,13-14H,11-12H2,1-2H3,(H,23,25). The molecule has 0 saturated carbocycles. The molecule has 140 valence electrons. The molecule has 0 unspecified atom stereocenters. The van der Waals surface area contributed by atoms with Gasteiger partial charge < -0.3 is 5.32 Å². The maximum Gasteiger partial charge on any atom is 0.230 e. The molecule has 3 nitrogen and oxygen atoms in total. The highest BCUT2D eigenvalue weighted by Gasteiger charge is 2.09. The summed E-state index contributed by atoms with van der Waals surface area (Å²) in [4.78, 5) is 16.8. The third kappa shape index (κ3) is 6.19. The van der Waals surface area contributed by atoms with Gasteiger partial charge in [0, 0.05) is 21.3 Å². The molecular weight excluding hydrogens is 440 g/mol. The van der Waals surface area contributed by atoms with Gasteiger partial charge in [-0.25, -0.2) is 4.98 Å². The Morgan fingerprint density at radius 1 is 1.15 bits per heavy atom. The fraction of sp³-hybridized carbons (Fsp3) is 0.238. The molecule has 0 bridgehead atoms. The van der Waals surface area contributed by atoms with E-state index in [4.69, 9.17) is 0 Å². The van der Waals surface area contributed by atoms with Crippen molar-refractivity contribution in [3.05, 3.63) is 75.2 Å². The molecule has 3 rings (SSSR count). The van der Waals surface area contributed by atoms with Crippen LogP contribution >= 0.6 is 39.0 Å². The van der Waals surface area contributed by atoms with Crippen molar-refractivity contribution in [2.75, 3.05) is 5.32 Å². The smallest absolute Gasteiger partial charge is 0.230 e. The zero-order chi connectivity index (χ0) is 19.2. The second-order valence-corrected chi connectivity index (χ2v) is 9.52. The summed E-state index contributed by atoms with van der Waals surface area (Å²) in [6, 6.07) is 16.3. The normalized spacial score (nSPS) is 11.0. The number of halogens is 1. The third-order valence-electron chi connectivity index (χ3n) is 4.01. The van der Waals surface area contributed by atoms with Crippen LogP contribution in [-0.2, 0) is 17.0 Å². The summed E-state index contributed by atoms with van der Waals surface area (Å²) in [5, 5.41) is 4.91. The first-order valence-corrected chi connectivity index (χ1v) is 11.4. The average Bonchev–Trinajstić information content (AvgIpc) is 3.09. The number of aromatic nitrogens is 1. The summed E-state index contributed by atoms with van der Waals surface area (Å²) in [6.07, 6.45) is 0.293. The number of amides is 1. The van der Waals surface area contributed by atoms with E-state index in [0.717, 1.165) is 25.9 Å². The molecule has 0 atom stereocenters. The Kier molecular flexibility index (Phi) is 7.10. The van der Waals surface area contributed by atoms with Crippen LogP contribution in [0.3, 0.4) is 0 Å². The highest BCUT2D eigenvalue weighted by Crippen LogP contribution is 2.27. The molecule has 27 heavy (non-hydrogen) atoms. The van der Waals surface area contributed by atoms with E-state index in [1.807, 2.05) is 29.6 Å². The Labute approximate surface area is 176 Å². The van der Waals surface area contributed by atoms with E-state index in [-0.39, 0.29) is 5.91 Å². The molecule has 2 aromatic carbocycles. The molecule has 1 aromatic heterocycles. The molecular formula is C21H21BrN2OS2. The zero-order valence-corrected chi connectivity index (χ0v) is 18.5. The lowest BCUT2D eigenvalue weighted by Crippen LogP contribution is -2.14. The van der Waals surface area contributed by atoms with Crippen molar-refractivity contribution in [1.82, 2.24) is 4.98 Å². The molecule has 0 saturated heterocycles. The van der Waals surface area contributed by atoms with E-state index in [1.165, 1.54) is 11.1 Å². The first-order chi connectivity index (χ1) is 13.0. The van der Waals surface area contributed by atoms with E-state index in [9.17, 15) is 4.79 Å². The number of carbonyl (C=O) groups is 1. The second-order valence-electron chi connectivity index (χ2n) is 6.52. The van der Waals surface area contributed by atoms with Crippen molar-refractivity contribution in [3.8, 4) is 0 Å². The molecule has 0 spiro atoms. The van der Waals surface area contributed by atoms with Gasteiger partial charge in [0.1, 0.15) is 4.34 Å². The highest BCUT2D eigenvalue weighted by molar-refractivity contribution is 9.10. The zero-order valence-electron chi connectivity index (χ0n) is 15.2. The van der Waals surface area contributed by atoms with E-state index in [1.54, 1.807) is 23.1 Å². The van der Waals surface area contributed by atoms with Gasteiger partial charge in [-0.1, -0.05) is 65.8 Å². The molecule has 0 radical (unpaired) electrons. The molecule has 0 aliphatic carbocycles. The van der Waals surface area contributed by atoms with E-state index in [0.29, 0.717) is 12.3 Å². The largest absolute Gasteiger partial charge is 0.326 e. The van der Waals surface area contributed by atoms with Crippen LogP contribution in [0.1, 0.15) is 36.6 Å². The van der Waals surface area contributed by atoms with Crippen LogP contribution in [0.5, 0.6) is 0 Å². The average molecular weight is 461 g/mol. The predicted octanol–water partition coefficient (Wildman–Crippen LogP) is 6.50. The Bertz CT molecular complexity index is 889. The summed E-state index contributed by atoms with van der Waals surface area (Å²) in [7, 11) is 0. The fourth-order valence-electron chi connectivity index (χ4n) is 2.48. The van der Waals surface area contributed by atoms with Gasteiger partial charge in [-0.15, -0.1) is 11.3 Å². The quantitative estimate of drug-likeness (QED) is 0.408. The molecule has 0 aliphatic rings. The lowest BCUT2D eigenvalue weighted by Gasteiger charge is -2.08. The first-order valence-electron chi connectivity index (χ1n) is 8.71. The predicted molar refractivity (Wildman–Crippen MR) is 119 cm³/mol. The molecule has 3 aromatic rings. The van der Waals surface area contributed by atoms with Gasteiger partial charge in [0.2, 0.25) is 5.91 Å². The molecule has 6 heteroatoms. The summed E-state index contributed by atoms with van der Waals surface area (Å²) in [5.74, 6) is 1.31. The molecule has 1 N–H and O–H groups in total. The highest BCUT2D eigenvalue weighted by atomic mass is 79.9. The Morgan fingerprint density at radius 2 is 1.85 bits per heavy atom. The number of nitrogens with one attached hydrogen (secondary N) is 1. The SMILES string of the molecule is CC(C)c1ccc(NC(=O)Cc2csc(SCc3ccc(Br)cc3)n2)cc1. The number of thioether (sulfide) groups is 1. The molecule has 0 fully saturated rings. The number of anilines is 1. The van der Waals surface area contributed by atoms with Crippen molar-refractivity contribution < 1.29 is 4.79 Å². The van der Waals surface area contributed by atoms with Gasteiger partial charge in [0.15, 0.2) is 0 Å². The second kappa shape index (κ2) is 9.53. The lowest BCUT2D eigenvalue weighted by molar-refractivity contribution is -0.115. The van der Waals surface area contributed by atoms with Crippen molar-refractivity contribution in [2.24, 2.45) is 0 Å². The van der Waals surface area contributed by atoms with Crippen LogP contribution < -0.4 is 5.32 Å². The number of hydrogen-bond acceptors (Lipinski definition) is 4. The third-order valence-corrected chi connectivity index (χ3v) is 6.68. The maximum atomic E-state index is 12.3. The minimum absolute atomic E-state index is 0.0398. The topological polar surface area (TPSA) is 42.0 Å². The molecule has 1 amide bonds. The Balaban J connectivity index is 1.50. The lowest BCUT2D eigenvalue weighted by atomic mass is 10.0. The summed E-state index contributed by atoms with van der Waals surface area (Å²) in [5.41, 5.74) is 4.15. The minimum Gasteiger partial charge on any atom is -0.326 e. The van der Waals surface area contributed by atoms with Gasteiger partial charge in [-0.2, -0.15) is 0 Å². The summed E-state index contributed by atoms with van der Waals surface area (Å²) >= 11 is 6.73. The number of nitrogens with zero attached hydrogens (tertiary/aromatic N) is 1. The number of rotatable bonds is 7. The van der Waals surface area contributed by atoms with Crippen molar-refractivity contribution in [3.63, 3.8) is 0 Å². The van der Waals surface area contributed by atoms with Crippen LogP contribution in [0.25, 0.3) is 0 Å². The van der Waals surface area contributed by atoms with Crippen LogP contribution in [0.15, 0.2) is 62.7 Å². The minimum atomic E-state index is -0.0398. The fourth-order valence-corrected chi connectivity index (χ4v) is 4.55. The monoisotopic (exact) mass is 460 g/mol. The van der Waals surface area contributed by atoms with Crippen molar-refractivity contribution >= 4 is 50.6 Å². The summed E-state index contributed by atoms with van der Waals surface area (Å²) in [6.45, 7) is 4.31. The van der Waals surface area contributed by atoms with E-state index >= 15 is 0 Å². The number of carbonyl (C=O) groups excluding carboxylic acids is 1. The Hall–Kier alpha value is -1.63. The van der Waals surface area contributed by atoms with Crippen LogP contribution in [-0.4, -0.2) is 10.9 Å².